The Kier molecular flexibility index (Phi) is 2.75. The van der Waals surface area contributed by atoms with Crippen LogP contribution in [-0.4, -0.2) is 16.2 Å². The molecular weight excluding hydrogens is 210 g/mol. The van der Waals surface area contributed by atoms with Gasteiger partial charge >= 0.3 is 0 Å². The SMILES string of the molecule is CC(CC1CCC1)Nc1cccc2[nH]ncc12. The smallest absolute Gasteiger partial charge is 0.0671 e. The fourth-order valence-corrected chi connectivity index (χ4v) is 2.65. The molecule has 0 spiro atoms. The molecule has 0 radical (unpaired) electrons. The Bertz CT molecular complexity index is 499. The lowest BCUT2D eigenvalue weighted by atomic mass is 9.81. The van der Waals surface area contributed by atoms with E-state index in [0.29, 0.717) is 6.04 Å². The van der Waals surface area contributed by atoms with Gasteiger partial charge in [-0.15, -0.1) is 0 Å². The van der Waals surface area contributed by atoms with Crippen LogP contribution in [0.1, 0.15) is 32.6 Å². The first-order chi connectivity index (χ1) is 8.33. The van der Waals surface area contributed by atoms with Crippen LogP contribution in [0, 0.1) is 5.92 Å². The second-order valence-corrected chi connectivity index (χ2v) is 5.21. The monoisotopic (exact) mass is 229 g/mol. The zero-order valence-corrected chi connectivity index (χ0v) is 10.2. The lowest BCUT2D eigenvalue weighted by Crippen LogP contribution is -2.23. The quantitative estimate of drug-likeness (QED) is 0.841. The molecule has 1 atom stereocenters. The van der Waals surface area contributed by atoms with Crippen LogP contribution in [0.4, 0.5) is 5.69 Å². The Labute approximate surface area is 102 Å². The van der Waals surface area contributed by atoms with Crippen LogP contribution < -0.4 is 5.32 Å². The summed E-state index contributed by atoms with van der Waals surface area (Å²) in [5.74, 6) is 0.945. The number of nitrogens with one attached hydrogen (secondary N) is 2. The summed E-state index contributed by atoms with van der Waals surface area (Å²) in [6.45, 7) is 2.28. The van der Waals surface area contributed by atoms with E-state index < -0.39 is 0 Å². The van der Waals surface area contributed by atoms with Gasteiger partial charge in [-0.1, -0.05) is 25.3 Å². The van der Waals surface area contributed by atoms with Gasteiger partial charge in [0.25, 0.3) is 0 Å². The molecule has 0 amide bonds. The first kappa shape index (κ1) is 10.6. The molecule has 3 nitrogen and oxygen atoms in total. The number of H-pyrrole nitrogens is 1. The molecule has 0 saturated heterocycles. The zero-order chi connectivity index (χ0) is 11.7. The average molecular weight is 229 g/mol. The van der Waals surface area contributed by atoms with Crippen molar-refractivity contribution in [1.82, 2.24) is 10.2 Å². The Morgan fingerprint density at radius 3 is 3.12 bits per heavy atom. The summed E-state index contributed by atoms with van der Waals surface area (Å²) in [4.78, 5) is 0. The van der Waals surface area contributed by atoms with Gasteiger partial charge in [0.05, 0.1) is 11.7 Å². The summed E-state index contributed by atoms with van der Waals surface area (Å²) in [6.07, 6.45) is 7.44. The maximum Gasteiger partial charge on any atom is 0.0671 e. The van der Waals surface area contributed by atoms with Gasteiger partial charge in [-0.05, 0) is 31.4 Å². The number of nitrogens with zero attached hydrogens (tertiary/aromatic N) is 1. The number of hydrogen-bond donors (Lipinski definition) is 2. The van der Waals surface area contributed by atoms with Crippen LogP contribution >= 0.6 is 0 Å². The van der Waals surface area contributed by atoms with Crippen molar-refractivity contribution in [3.8, 4) is 0 Å². The van der Waals surface area contributed by atoms with E-state index in [0.717, 1.165) is 11.4 Å². The fraction of sp³-hybridized carbons (Fsp3) is 0.500. The van der Waals surface area contributed by atoms with Crippen LogP contribution in [0.2, 0.25) is 0 Å². The van der Waals surface area contributed by atoms with Crippen molar-refractivity contribution in [1.29, 1.82) is 0 Å². The second-order valence-electron chi connectivity index (χ2n) is 5.21. The van der Waals surface area contributed by atoms with Crippen LogP contribution in [-0.2, 0) is 0 Å². The molecule has 1 saturated carbocycles. The molecule has 1 aromatic carbocycles. The molecule has 1 heterocycles. The van der Waals surface area contributed by atoms with E-state index in [1.54, 1.807) is 0 Å². The lowest BCUT2D eigenvalue weighted by molar-refractivity contribution is 0.286. The highest BCUT2D eigenvalue weighted by Crippen LogP contribution is 2.31. The van der Waals surface area contributed by atoms with Crippen LogP contribution in [0.15, 0.2) is 24.4 Å². The van der Waals surface area contributed by atoms with E-state index in [-0.39, 0.29) is 0 Å². The summed E-state index contributed by atoms with van der Waals surface area (Å²) in [5.41, 5.74) is 2.30. The number of hydrogen-bond acceptors (Lipinski definition) is 2. The molecular formula is C14H19N3. The highest BCUT2D eigenvalue weighted by molar-refractivity contribution is 5.90. The van der Waals surface area contributed by atoms with Gasteiger partial charge in [0.2, 0.25) is 0 Å². The minimum Gasteiger partial charge on any atom is -0.382 e. The van der Waals surface area contributed by atoms with Crippen molar-refractivity contribution >= 4 is 16.6 Å². The van der Waals surface area contributed by atoms with Crippen LogP contribution in [0.5, 0.6) is 0 Å². The number of anilines is 1. The lowest BCUT2D eigenvalue weighted by Gasteiger charge is -2.29. The number of rotatable bonds is 4. The molecule has 1 unspecified atom stereocenters. The molecule has 90 valence electrons. The largest absolute Gasteiger partial charge is 0.382 e. The average Bonchev–Trinajstić information content (AvgIpc) is 2.73. The van der Waals surface area contributed by atoms with Gasteiger partial charge in [0.15, 0.2) is 0 Å². The molecule has 0 aliphatic heterocycles. The number of aromatic amines is 1. The molecule has 1 aliphatic rings. The Morgan fingerprint density at radius 1 is 1.47 bits per heavy atom. The van der Waals surface area contributed by atoms with Crippen molar-refractivity contribution in [2.24, 2.45) is 5.92 Å². The summed E-state index contributed by atoms with van der Waals surface area (Å²) in [7, 11) is 0. The van der Waals surface area contributed by atoms with Gasteiger partial charge in [-0.25, -0.2) is 0 Å². The minimum absolute atomic E-state index is 0.542. The molecule has 0 bridgehead atoms. The molecule has 3 heteroatoms. The summed E-state index contributed by atoms with van der Waals surface area (Å²) >= 11 is 0. The molecule has 1 aromatic heterocycles. The number of benzene rings is 1. The van der Waals surface area contributed by atoms with Gasteiger partial charge < -0.3 is 5.32 Å². The van der Waals surface area contributed by atoms with Gasteiger partial charge in [0, 0.05) is 17.1 Å². The Morgan fingerprint density at radius 2 is 2.35 bits per heavy atom. The molecule has 2 N–H and O–H groups in total. The Balaban J connectivity index is 1.72. The van der Waals surface area contributed by atoms with E-state index in [1.165, 1.54) is 36.8 Å². The predicted octanol–water partition coefficient (Wildman–Crippen LogP) is 3.55. The summed E-state index contributed by atoms with van der Waals surface area (Å²) < 4.78 is 0. The van der Waals surface area contributed by atoms with E-state index in [2.05, 4.69) is 40.6 Å². The van der Waals surface area contributed by atoms with Crippen molar-refractivity contribution in [3.63, 3.8) is 0 Å². The first-order valence-electron chi connectivity index (χ1n) is 6.51. The summed E-state index contributed by atoms with van der Waals surface area (Å²) in [6, 6.07) is 6.80. The maximum atomic E-state index is 4.09. The van der Waals surface area contributed by atoms with Gasteiger partial charge in [-0.2, -0.15) is 5.10 Å². The van der Waals surface area contributed by atoms with Crippen molar-refractivity contribution in [2.75, 3.05) is 5.32 Å². The highest BCUT2D eigenvalue weighted by atomic mass is 15.1. The Hall–Kier alpha value is -1.51. The zero-order valence-electron chi connectivity index (χ0n) is 10.2. The van der Waals surface area contributed by atoms with Crippen LogP contribution in [0.3, 0.4) is 0 Å². The highest BCUT2D eigenvalue weighted by Gasteiger charge is 2.20. The fourth-order valence-electron chi connectivity index (χ4n) is 2.65. The molecule has 1 fully saturated rings. The number of fused-ring (bicyclic) bond motifs is 1. The maximum absolute atomic E-state index is 4.09. The molecule has 3 rings (SSSR count). The van der Waals surface area contributed by atoms with Crippen LogP contribution in [0.25, 0.3) is 10.9 Å². The first-order valence-corrected chi connectivity index (χ1v) is 6.51. The molecule has 17 heavy (non-hydrogen) atoms. The van der Waals surface area contributed by atoms with E-state index in [9.17, 15) is 0 Å². The standard InChI is InChI=1S/C14H19N3/c1-10(8-11-4-2-5-11)16-13-6-3-7-14-12(13)9-15-17-14/h3,6-7,9-11,16H,2,4-5,8H2,1H3,(H,15,17). The normalized spacial score (nSPS) is 17.9. The van der Waals surface area contributed by atoms with E-state index in [4.69, 9.17) is 0 Å². The topological polar surface area (TPSA) is 40.7 Å². The van der Waals surface area contributed by atoms with E-state index in [1.807, 2.05) is 6.20 Å². The third-order valence-electron chi connectivity index (χ3n) is 3.80. The predicted molar refractivity (Wildman–Crippen MR) is 71.1 cm³/mol. The molecule has 2 aromatic rings. The van der Waals surface area contributed by atoms with Gasteiger partial charge in [0.1, 0.15) is 0 Å². The third-order valence-corrected chi connectivity index (χ3v) is 3.80. The number of aromatic nitrogens is 2. The van der Waals surface area contributed by atoms with Crippen molar-refractivity contribution in [2.45, 2.75) is 38.6 Å². The van der Waals surface area contributed by atoms with E-state index >= 15 is 0 Å². The second kappa shape index (κ2) is 4.40. The van der Waals surface area contributed by atoms with Crippen molar-refractivity contribution in [3.05, 3.63) is 24.4 Å². The molecule has 1 aliphatic carbocycles. The van der Waals surface area contributed by atoms with Crippen molar-refractivity contribution < 1.29 is 0 Å². The summed E-state index contributed by atoms with van der Waals surface area (Å²) in [5, 5.41) is 11.9. The third kappa shape index (κ3) is 2.14. The minimum atomic E-state index is 0.542. The van der Waals surface area contributed by atoms with Gasteiger partial charge in [-0.3, -0.25) is 5.10 Å².